The molecule has 0 saturated heterocycles. The van der Waals surface area contributed by atoms with Gasteiger partial charge in [-0.15, -0.1) is 11.3 Å². The topological polar surface area (TPSA) is 67.2 Å². The third-order valence-corrected chi connectivity index (χ3v) is 6.21. The summed E-state index contributed by atoms with van der Waals surface area (Å²) in [5, 5.41) is 4.84. The van der Waals surface area contributed by atoms with Crippen LogP contribution in [-0.2, 0) is 13.1 Å². The number of aromatic nitrogens is 2. The molecule has 35 heavy (non-hydrogen) atoms. The Kier molecular flexibility index (Phi) is 7.67. The van der Waals surface area contributed by atoms with Crippen LogP contribution in [-0.4, -0.2) is 32.8 Å². The van der Waals surface area contributed by atoms with Gasteiger partial charge in [-0.1, -0.05) is 31.2 Å². The number of hydrogen-bond donors (Lipinski definition) is 1. The van der Waals surface area contributed by atoms with E-state index < -0.39 is 17.5 Å². The highest BCUT2D eigenvalue weighted by Gasteiger charge is 2.20. The van der Waals surface area contributed by atoms with Crippen molar-refractivity contribution in [2.75, 3.05) is 11.9 Å². The Morgan fingerprint density at radius 2 is 1.77 bits per heavy atom. The normalized spacial score (nSPS) is 10.8. The maximum absolute atomic E-state index is 14.2. The summed E-state index contributed by atoms with van der Waals surface area (Å²) < 4.78 is 30.0. The number of carbonyl (C=O) groups is 2. The molecule has 180 valence electrons. The third-order valence-electron chi connectivity index (χ3n) is 5.37. The molecule has 0 aliphatic heterocycles. The lowest BCUT2D eigenvalue weighted by molar-refractivity contribution is 0.0734. The van der Waals surface area contributed by atoms with Gasteiger partial charge < -0.3 is 14.8 Å². The maximum atomic E-state index is 14.2. The van der Waals surface area contributed by atoms with E-state index in [1.807, 2.05) is 29.8 Å². The molecule has 2 amide bonds. The number of benzene rings is 2. The van der Waals surface area contributed by atoms with Crippen molar-refractivity contribution in [3.8, 4) is 0 Å². The number of nitrogens with zero attached hydrogens (tertiary/aromatic N) is 3. The molecule has 0 bridgehead atoms. The van der Waals surface area contributed by atoms with Crippen LogP contribution in [0, 0.1) is 11.6 Å². The second kappa shape index (κ2) is 11.1. The zero-order chi connectivity index (χ0) is 24.8. The van der Waals surface area contributed by atoms with Gasteiger partial charge in [-0.25, -0.2) is 13.8 Å². The van der Waals surface area contributed by atoms with E-state index in [9.17, 15) is 18.4 Å². The predicted molar refractivity (Wildman–Crippen MR) is 131 cm³/mol. The lowest BCUT2D eigenvalue weighted by atomic mass is 10.1. The Hall–Kier alpha value is -3.85. The molecule has 0 spiro atoms. The van der Waals surface area contributed by atoms with E-state index in [1.54, 1.807) is 34.5 Å². The molecular weight excluding hydrogens is 470 g/mol. The minimum Gasteiger partial charge on any atom is -0.343 e. The SMILES string of the molecule is CCCN(Cc1cccn1Cc1nc(C(=O)Nc2ccccc2F)cs1)C(=O)c1ccccc1F. The molecule has 0 atom stereocenters. The average molecular weight is 495 g/mol. The number of nitrogens with one attached hydrogen (secondary N) is 1. The van der Waals surface area contributed by atoms with Crippen LogP contribution >= 0.6 is 11.3 Å². The Morgan fingerprint density at radius 3 is 2.51 bits per heavy atom. The Balaban J connectivity index is 1.46. The molecule has 0 unspecified atom stereocenters. The number of para-hydroxylation sites is 1. The monoisotopic (exact) mass is 494 g/mol. The maximum Gasteiger partial charge on any atom is 0.275 e. The quantitative estimate of drug-likeness (QED) is 0.331. The molecular formula is C26H24F2N4O2S. The van der Waals surface area contributed by atoms with E-state index in [2.05, 4.69) is 10.3 Å². The first kappa shape index (κ1) is 24.3. The van der Waals surface area contributed by atoms with E-state index >= 15 is 0 Å². The zero-order valence-electron chi connectivity index (χ0n) is 19.1. The summed E-state index contributed by atoms with van der Waals surface area (Å²) >= 11 is 1.32. The molecule has 9 heteroatoms. The molecule has 0 radical (unpaired) electrons. The van der Waals surface area contributed by atoms with Crippen LogP contribution in [0.25, 0.3) is 0 Å². The van der Waals surface area contributed by atoms with Crippen molar-refractivity contribution >= 4 is 28.8 Å². The minimum absolute atomic E-state index is 0.0458. The van der Waals surface area contributed by atoms with Gasteiger partial charge in [0.1, 0.15) is 22.3 Å². The van der Waals surface area contributed by atoms with Gasteiger partial charge in [0.25, 0.3) is 11.8 Å². The van der Waals surface area contributed by atoms with Gasteiger partial charge in [0.15, 0.2) is 0 Å². The number of rotatable bonds is 9. The van der Waals surface area contributed by atoms with Crippen molar-refractivity contribution < 1.29 is 18.4 Å². The summed E-state index contributed by atoms with van der Waals surface area (Å²) in [5.74, 6) is -1.92. The van der Waals surface area contributed by atoms with E-state index in [0.29, 0.717) is 24.6 Å². The molecule has 4 rings (SSSR count). The van der Waals surface area contributed by atoms with Gasteiger partial charge in [0, 0.05) is 23.8 Å². The van der Waals surface area contributed by atoms with Gasteiger partial charge in [0.05, 0.1) is 24.3 Å². The molecule has 0 aliphatic carbocycles. The first-order valence-corrected chi connectivity index (χ1v) is 12.0. The van der Waals surface area contributed by atoms with E-state index in [1.165, 1.54) is 35.6 Å². The summed E-state index contributed by atoms with van der Waals surface area (Å²) in [6, 6.07) is 15.7. The van der Waals surface area contributed by atoms with Crippen molar-refractivity contribution in [2.24, 2.45) is 0 Å². The van der Waals surface area contributed by atoms with Gasteiger partial charge in [-0.2, -0.15) is 0 Å². The zero-order valence-corrected chi connectivity index (χ0v) is 19.9. The van der Waals surface area contributed by atoms with E-state index in [-0.39, 0.29) is 22.9 Å². The average Bonchev–Trinajstić information content (AvgIpc) is 3.50. The van der Waals surface area contributed by atoms with E-state index in [4.69, 9.17) is 0 Å². The minimum atomic E-state index is -0.544. The lowest BCUT2D eigenvalue weighted by Gasteiger charge is -2.23. The standard InChI is InChI=1S/C26H24F2N4O2S/c1-2-13-32(26(34)19-9-3-4-10-20(19)27)15-18-8-7-14-31(18)16-24-29-23(17-35-24)25(33)30-22-12-6-5-11-21(22)28/h3-12,14,17H,2,13,15-16H2,1H3,(H,30,33). The predicted octanol–water partition coefficient (Wildman–Crippen LogP) is 5.58. The highest BCUT2D eigenvalue weighted by molar-refractivity contribution is 7.09. The van der Waals surface area contributed by atoms with Crippen LogP contribution in [0.3, 0.4) is 0 Å². The summed E-state index contributed by atoms with van der Waals surface area (Å²) in [5.41, 5.74) is 1.19. The molecule has 4 aromatic rings. The fraction of sp³-hybridized carbons (Fsp3) is 0.192. The lowest BCUT2D eigenvalue weighted by Crippen LogP contribution is -2.32. The molecule has 0 saturated carbocycles. The van der Waals surface area contributed by atoms with Crippen molar-refractivity contribution in [2.45, 2.75) is 26.4 Å². The molecule has 2 aromatic carbocycles. The highest BCUT2D eigenvalue weighted by Crippen LogP contribution is 2.19. The van der Waals surface area contributed by atoms with Crippen LogP contribution in [0.5, 0.6) is 0 Å². The smallest absolute Gasteiger partial charge is 0.275 e. The number of carbonyl (C=O) groups excluding carboxylic acids is 2. The number of amides is 2. The van der Waals surface area contributed by atoms with E-state index in [0.717, 1.165) is 12.1 Å². The van der Waals surface area contributed by atoms with Gasteiger partial charge >= 0.3 is 0 Å². The van der Waals surface area contributed by atoms with Crippen LogP contribution in [0.4, 0.5) is 14.5 Å². The molecule has 2 aromatic heterocycles. The molecule has 0 fully saturated rings. The Bertz CT molecular complexity index is 1330. The number of anilines is 1. The van der Waals surface area contributed by atoms with Crippen LogP contribution in [0.1, 0.15) is 44.9 Å². The van der Waals surface area contributed by atoms with Crippen molar-refractivity contribution in [3.05, 3.63) is 106 Å². The van der Waals surface area contributed by atoms with Gasteiger partial charge in [-0.05, 0) is 42.8 Å². The molecule has 0 aliphatic rings. The molecule has 2 heterocycles. The first-order chi connectivity index (χ1) is 17.0. The van der Waals surface area contributed by atoms with Crippen molar-refractivity contribution in [1.29, 1.82) is 0 Å². The first-order valence-electron chi connectivity index (χ1n) is 11.1. The van der Waals surface area contributed by atoms with Gasteiger partial charge in [0.2, 0.25) is 0 Å². The molecule has 6 nitrogen and oxygen atoms in total. The second-order valence-electron chi connectivity index (χ2n) is 7.89. The largest absolute Gasteiger partial charge is 0.343 e. The fourth-order valence-electron chi connectivity index (χ4n) is 3.65. The summed E-state index contributed by atoms with van der Waals surface area (Å²) in [6.07, 6.45) is 2.60. The van der Waals surface area contributed by atoms with Gasteiger partial charge in [-0.3, -0.25) is 9.59 Å². The fourth-order valence-corrected chi connectivity index (χ4v) is 4.42. The van der Waals surface area contributed by atoms with Crippen molar-refractivity contribution in [3.63, 3.8) is 0 Å². The summed E-state index contributed by atoms with van der Waals surface area (Å²) in [4.78, 5) is 31.5. The van der Waals surface area contributed by atoms with Crippen LogP contribution in [0.2, 0.25) is 0 Å². The van der Waals surface area contributed by atoms with Crippen molar-refractivity contribution in [1.82, 2.24) is 14.5 Å². The Morgan fingerprint density at radius 1 is 1.03 bits per heavy atom. The van der Waals surface area contributed by atoms with Crippen LogP contribution in [0.15, 0.2) is 72.2 Å². The highest BCUT2D eigenvalue weighted by atomic mass is 32.1. The summed E-state index contributed by atoms with van der Waals surface area (Å²) in [6.45, 7) is 3.15. The number of halogens is 2. The number of thiazole rings is 1. The summed E-state index contributed by atoms with van der Waals surface area (Å²) in [7, 11) is 0. The van der Waals surface area contributed by atoms with Crippen LogP contribution < -0.4 is 5.32 Å². The number of hydrogen-bond acceptors (Lipinski definition) is 4. The third kappa shape index (κ3) is 5.81. The second-order valence-corrected chi connectivity index (χ2v) is 8.84. The Labute approximate surface area is 205 Å². The molecule has 1 N–H and O–H groups in total.